The minimum absolute atomic E-state index is 0.237. The zero-order chi connectivity index (χ0) is 21.2. The van der Waals surface area contributed by atoms with Crippen molar-refractivity contribution < 1.29 is 36.6 Å². The van der Waals surface area contributed by atoms with E-state index >= 15 is 0 Å². The van der Waals surface area contributed by atoms with Crippen LogP contribution in [0.25, 0.3) is 17.2 Å². The van der Waals surface area contributed by atoms with Crippen molar-refractivity contribution in [3.05, 3.63) is 53.7 Å². The van der Waals surface area contributed by atoms with E-state index in [9.17, 15) is 22.9 Å². The molecule has 0 bridgehead atoms. The Morgan fingerprint density at radius 2 is 2.10 bits per heavy atom. The highest BCUT2D eigenvalue weighted by Crippen LogP contribution is 2.43. The lowest BCUT2D eigenvalue weighted by Gasteiger charge is -2.24. The molecular weight excluding hydrogens is 412 g/mol. The average Bonchev–Trinajstić information content (AvgIpc) is 3.13. The number of fused-ring (bicyclic) bond motifs is 6. The number of carbonyl (C=O) groups is 1. The summed E-state index contributed by atoms with van der Waals surface area (Å²) in [6, 6.07) is 8.90. The Morgan fingerprint density at radius 3 is 2.83 bits per heavy atom. The molecule has 0 saturated carbocycles. The van der Waals surface area contributed by atoms with Crippen molar-refractivity contribution in [1.29, 1.82) is 0 Å². The maximum Gasteiger partial charge on any atom is 0.379 e. The number of aryl methyl sites for hydroxylation is 1. The summed E-state index contributed by atoms with van der Waals surface area (Å²) < 4.78 is 48.2. The van der Waals surface area contributed by atoms with Gasteiger partial charge in [-0.05, 0) is 36.8 Å². The second-order valence-corrected chi connectivity index (χ2v) is 8.69. The zero-order valence-corrected chi connectivity index (χ0v) is 16.5. The molecule has 30 heavy (non-hydrogen) atoms. The van der Waals surface area contributed by atoms with Gasteiger partial charge in [-0.15, -0.1) is 0 Å². The first-order chi connectivity index (χ1) is 14.2. The van der Waals surface area contributed by atoms with Crippen LogP contribution in [0.3, 0.4) is 0 Å². The number of ether oxygens (including phenoxy) is 1. The van der Waals surface area contributed by atoms with Gasteiger partial charge in [0, 0.05) is 6.07 Å². The maximum absolute atomic E-state index is 11.6. The van der Waals surface area contributed by atoms with Crippen LogP contribution in [-0.4, -0.2) is 30.1 Å². The highest BCUT2D eigenvalue weighted by atomic mass is 32.2. The third kappa shape index (κ3) is 2.92. The summed E-state index contributed by atoms with van der Waals surface area (Å²) in [4.78, 5) is 12.8. The van der Waals surface area contributed by atoms with E-state index < -0.39 is 27.0 Å². The van der Waals surface area contributed by atoms with Crippen LogP contribution >= 0.6 is 0 Å². The largest absolute Gasteiger partial charge is 0.744 e. The molecule has 10 heteroatoms. The third-order valence-electron chi connectivity index (χ3n) is 5.23. The number of rotatable bonds is 3. The van der Waals surface area contributed by atoms with E-state index in [1.54, 1.807) is 11.0 Å². The Balaban J connectivity index is 1.70. The quantitative estimate of drug-likeness (QED) is 0.496. The SMILES string of the molecule is Cc1ccc2oc3[n+](c2c1)CC(CC(=O)O)N1C(=C3)Oc2ccc(S(=O)(=O)[O-])cc21. The van der Waals surface area contributed by atoms with Crippen LogP contribution < -0.4 is 14.2 Å². The van der Waals surface area contributed by atoms with Gasteiger partial charge in [0.05, 0.1) is 17.0 Å². The van der Waals surface area contributed by atoms with Gasteiger partial charge >= 0.3 is 11.9 Å². The molecule has 0 fully saturated rings. The van der Waals surface area contributed by atoms with Crippen molar-refractivity contribution >= 4 is 39.0 Å². The summed E-state index contributed by atoms with van der Waals surface area (Å²) in [5.41, 5.74) is 2.83. The van der Waals surface area contributed by atoms with Crippen LogP contribution in [0.15, 0.2) is 51.6 Å². The summed E-state index contributed by atoms with van der Waals surface area (Å²) in [6.45, 7) is 2.21. The number of carboxylic acid groups (broad SMARTS) is 1. The smallest absolute Gasteiger partial charge is 0.379 e. The van der Waals surface area contributed by atoms with Crippen molar-refractivity contribution in [2.75, 3.05) is 4.90 Å². The molecule has 9 nitrogen and oxygen atoms in total. The second-order valence-electron chi connectivity index (χ2n) is 7.31. The van der Waals surface area contributed by atoms with Gasteiger partial charge in [0.15, 0.2) is 12.3 Å². The number of hydrogen-bond acceptors (Lipinski definition) is 7. The fraction of sp³-hybridized carbons (Fsp3) is 0.200. The molecule has 1 N–H and O–H groups in total. The molecule has 0 spiro atoms. The molecule has 2 aromatic carbocycles. The average molecular weight is 428 g/mol. The van der Waals surface area contributed by atoms with Crippen LogP contribution in [0.5, 0.6) is 5.75 Å². The minimum atomic E-state index is -4.68. The van der Waals surface area contributed by atoms with Gasteiger partial charge in [0.2, 0.25) is 11.5 Å². The number of nitrogens with zero attached hydrogens (tertiary/aromatic N) is 2. The van der Waals surface area contributed by atoms with Crippen molar-refractivity contribution in [3.63, 3.8) is 0 Å². The highest BCUT2D eigenvalue weighted by Gasteiger charge is 2.41. The molecule has 154 valence electrons. The molecule has 3 aromatic rings. The highest BCUT2D eigenvalue weighted by molar-refractivity contribution is 7.85. The van der Waals surface area contributed by atoms with E-state index in [0.29, 0.717) is 28.8 Å². The standard InChI is InChI=1S/C20H16N2O7S/c1-11-2-4-16-14(6-11)21-10-12(7-20(23)24)22-15-8-13(30(25,26)27)3-5-17(15)29-19(22)9-18(21)28-16/h2-6,8-9,12H,7,10H2,1H3,(H-,23,24,25,26,27). The fourth-order valence-corrected chi connectivity index (χ4v) is 4.44. The Bertz CT molecular complexity index is 1360. The summed E-state index contributed by atoms with van der Waals surface area (Å²) >= 11 is 0. The van der Waals surface area contributed by atoms with Crippen LogP contribution in [0.2, 0.25) is 0 Å². The predicted octanol–water partition coefficient (Wildman–Crippen LogP) is 1.99. The van der Waals surface area contributed by atoms with Crippen LogP contribution in [0.4, 0.5) is 5.69 Å². The summed E-state index contributed by atoms with van der Waals surface area (Å²) in [6.07, 6.45) is 1.40. The number of carboxylic acids is 1. The molecule has 1 unspecified atom stereocenters. The lowest BCUT2D eigenvalue weighted by Crippen LogP contribution is -2.47. The lowest BCUT2D eigenvalue weighted by molar-refractivity contribution is -0.679. The molecule has 3 heterocycles. The molecule has 2 aliphatic rings. The van der Waals surface area contributed by atoms with Gasteiger partial charge in [0.1, 0.15) is 22.2 Å². The first-order valence-electron chi connectivity index (χ1n) is 9.14. The van der Waals surface area contributed by atoms with E-state index in [1.807, 2.05) is 29.7 Å². The first-order valence-corrected chi connectivity index (χ1v) is 10.5. The van der Waals surface area contributed by atoms with Crippen LogP contribution in [0.1, 0.15) is 17.9 Å². The Labute approximate surface area is 171 Å². The van der Waals surface area contributed by atoms with Crippen molar-refractivity contribution in [2.45, 2.75) is 30.8 Å². The Hall–Kier alpha value is -3.37. The van der Waals surface area contributed by atoms with E-state index in [-0.39, 0.29) is 13.0 Å². The van der Waals surface area contributed by atoms with Gasteiger partial charge in [-0.1, -0.05) is 6.07 Å². The van der Waals surface area contributed by atoms with E-state index in [1.165, 1.54) is 18.2 Å². The third-order valence-corrected chi connectivity index (χ3v) is 6.06. The number of aromatic nitrogens is 1. The maximum atomic E-state index is 11.6. The van der Waals surface area contributed by atoms with Crippen molar-refractivity contribution in [2.24, 2.45) is 0 Å². The summed E-state index contributed by atoms with van der Waals surface area (Å²) in [5, 5.41) is 9.50. The van der Waals surface area contributed by atoms with Crippen molar-refractivity contribution in [3.8, 4) is 5.75 Å². The molecular formula is C20H16N2O7S. The minimum Gasteiger partial charge on any atom is -0.744 e. The number of hydrogen-bond donors (Lipinski definition) is 1. The Morgan fingerprint density at radius 1 is 1.30 bits per heavy atom. The predicted molar refractivity (Wildman–Crippen MR) is 103 cm³/mol. The number of aliphatic carboxylic acids is 1. The fourth-order valence-electron chi connectivity index (χ4n) is 3.95. The van der Waals surface area contributed by atoms with Gasteiger partial charge < -0.3 is 18.8 Å². The molecule has 0 aliphatic carbocycles. The normalized spacial score (nSPS) is 17.6. The monoisotopic (exact) mass is 428 g/mol. The molecule has 5 rings (SSSR count). The number of oxazole rings is 1. The molecule has 1 aromatic heterocycles. The van der Waals surface area contributed by atoms with Gasteiger partial charge in [-0.25, -0.2) is 8.42 Å². The van der Waals surface area contributed by atoms with Crippen LogP contribution in [0, 0.1) is 6.92 Å². The van der Waals surface area contributed by atoms with Gasteiger partial charge in [-0.2, -0.15) is 4.57 Å². The van der Waals surface area contributed by atoms with E-state index in [2.05, 4.69) is 0 Å². The topological polar surface area (TPSA) is 124 Å². The second kappa shape index (κ2) is 6.31. The molecule has 0 radical (unpaired) electrons. The number of anilines is 1. The molecule has 0 amide bonds. The molecule has 0 saturated heterocycles. The number of benzene rings is 2. The first kappa shape index (κ1) is 18.6. The zero-order valence-electron chi connectivity index (χ0n) is 15.7. The van der Waals surface area contributed by atoms with E-state index in [4.69, 9.17) is 9.15 Å². The van der Waals surface area contributed by atoms with Gasteiger partial charge in [-0.3, -0.25) is 9.69 Å². The summed E-state index contributed by atoms with van der Waals surface area (Å²) in [7, 11) is -4.68. The lowest BCUT2D eigenvalue weighted by atomic mass is 10.1. The summed E-state index contributed by atoms with van der Waals surface area (Å²) in [5.74, 6) is 0.101. The van der Waals surface area contributed by atoms with Gasteiger partial charge in [0.25, 0.3) is 5.52 Å². The molecule has 2 aliphatic heterocycles. The van der Waals surface area contributed by atoms with Crippen molar-refractivity contribution in [1.82, 2.24) is 0 Å². The Kier molecular flexibility index (Phi) is 3.92. The van der Waals surface area contributed by atoms with E-state index in [0.717, 1.165) is 11.1 Å². The molecule has 1 atom stereocenters. The van der Waals surface area contributed by atoms with Crippen LogP contribution in [-0.2, 0) is 21.5 Å².